The molecule has 1 heterocycles. The standard InChI is InChI=1S/C23H18N2O2S/c1-3-14-24(15-4-2)20-12-10-18(11-13-20)17-25-22(26)16-21(28-25)23(27)19-8-6-5-7-9-19/h1-2,5-13,16H,14-15,17H2. The van der Waals surface area contributed by atoms with Crippen molar-refractivity contribution in [2.24, 2.45) is 0 Å². The molecule has 0 aliphatic heterocycles. The lowest BCUT2D eigenvalue weighted by Crippen LogP contribution is -2.23. The molecule has 4 nitrogen and oxygen atoms in total. The van der Waals surface area contributed by atoms with E-state index in [0.717, 1.165) is 11.3 Å². The number of terminal acetylenes is 2. The van der Waals surface area contributed by atoms with E-state index in [1.807, 2.05) is 35.2 Å². The largest absolute Gasteiger partial charge is 0.349 e. The van der Waals surface area contributed by atoms with Crippen molar-refractivity contribution < 1.29 is 4.79 Å². The van der Waals surface area contributed by atoms with Crippen LogP contribution in [0.4, 0.5) is 5.69 Å². The van der Waals surface area contributed by atoms with Crippen LogP contribution in [0.5, 0.6) is 0 Å². The molecule has 0 unspecified atom stereocenters. The Morgan fingerprint density at radius 2 is 1.64 bits per heavy atom. The van der Waals surface area contributed by atoms with Crippen molar-refractivity contribution >= 4 is 23.0 Å². The molecule has 0 N–H and O–H groups in total. The van der Waals surface area contributed by atoms with Crippen LogP contribution in [0.1, 0.15) is 20.8 Å². The third-order valence-corrected chi connectivity index (χ3v) is 5.19. The van der Waals surface area contributed by atoms with Gasteiger partial charge in [0.25, 0.3) is 5.56 Å². The number of hydrogen-bond acceptors (Lipinski definition) is 4. The molecule has 0 bridgehead atoms. The molecular formula is C23H18N2O2S. The second kappa shape index (κ2) is 8.90. The fourth-order valence-corrected chi connectivity index (χ4v) is 3.71. The van der Waals surface area contributed by atoms with E-state index < -0.39 is 0 Å². The van der Waals surface area contributed by atoms with Gasteiger partial charge in [0.1, 0.15) is 0 Å². The van der Waals surface area contributed by atoms with Crippen LogP contribution in [-0.4, -0.2) is 22.8 Å². The molecule has 3 rings (SSSR count). The van der Waals surface area contributed by atoms with Gasteiger partial charge in [-0.1, -0.05) is 65.8 Å². The number of ketones is 1. The van der Waals surface area contributed by atoms with Crippen LogP contribution in [0.15, 0.2) is 65.5 Å². The number of anilines is 1. The number of hydrogen-bond donors (Lipinski definition) is 0. The van der Waals surface area contributed by atoms with Crippen molar-refractivity contribution in [1.82, 2.24) is 3.96 Å². The molecule has 0 atom stereocenters. The van der Waals surface area contributed by atoms with Gasteiger partial charge < -0.3 is 4.90 Å². The van der Waals surface area contributed by atoms with Crippen molar-refractivity contribution in [3.8, 4) is 24.7 Å². The Morgan fingerprint density at radius 1 is 1.00 bits per heavy atom. The summed E-state index contributed by atoms with van der Waals surface area (Å²) in [6.07, 6.45) is 10.8. The molecule has 0 fully saturated rings. The van der Waals surface area contributed by atoms with E-state index in [4.69, 9.17) is 12.8 Å². The predicted octanol–water partition coefficient (Wildman–Crippen LogP) is 3.26. The van der Waals surface area contributed by atoms with E-state index in [-0.39, 0.29) is 11.3 Å². The first-order valence-electron chi connectivity index (χ1n) is 8.64. The fourth-order valence-electron chi connectivity index (χ4n) is 2.76. The Morgan fingerprint density at radius 3 is 2.25 bits per heavy atom. The van der Waals surface area contributed by atoms with Crippen molar-refractivity contribution in [3.63, 3.8) is 0 Å². The van der Waals surface area contributed by atoms with E-state index in [0.29, 0.717) is 30.1 Å². The topological polar surface area (TPSA) is 42.3 Å². The quantitative estimate of drug-likeness (QED) is 0.462. The van der Waals surface area contributed by atoms with Crippen molar-refractivity contribution in [2.75, 3.05) is 18.0 Å². The van der Waals surface area contributed by atoms with Crippen LogP contribution in [0.2, 0.25) is 0 Å². The van der Waals surface area contributed by atoms with Crippen molar-refractivity contribution in [1.29, 1.82) is 0 Å². The lowest BCUT2D eigenvalue weighted by molar-refractivity contribution is 0.104. The predicted molar refractivity (Wildman–Crippen MR) is 114 cm³/mol. The van der Waals surface area contributed by atoms with E-state index >= 15 is 0 Å². The zero-order chi connectivity index (χ0) is 19.9. The summed E-state index contributed by atoms with van der Waals surface area (Å²) in [5.74, 6) is 5.05. The van der Waals surface area contributed by atoms with Crippen LogP contribution >= 0.6 is 11.5 Å². The first-order valence-corrected chi connectivity index (χ1v) is 9.41. The SMILES string of the molecule is C#CCN(CC#C)c1ccc(Cn2sc(C(=O)c3ccccc3)cc2=O)cc1. The normalized spacial score (nSPS) is 10.1. The highest BCUT2D eigenvalue weighted by Crippen LogP contribution is 2.17. The second-order valence-electron chi connectivity index (χ2n) is 6.10. The molecule has 3 aromatic rings. The number of carbonyl (C=O) groups is 1. The van der Waals surface area contributed by atoms with Crippen LogP contribution in [0, 0.1) is 24.7 Å². The first kappa shape index (κ1) is 19.2. The van der Waals surface area contributed by atoms with E-state index in [2.05, 4.69) is 11.8 Å². The van der Waals surface area contributed by atoms with Gasteiger partial charge in [-0.05, 0) is 17.7 Å². The lowest BCUT2D eigenvalue weighted by Gasteiger charge is -2.19. The third-order valence-electron chi connectivity index (χ3n) is 4.16. The highest BCUT2D eigenvalue weighted by molar-refractivity contribution is 7.08. The third kappa shape index (κ3) is 4.40. The minimum absolute atomic E-state index is 0.143. The molecule has 0 radical (unpaired) electrons. The van der Waals surface area contributed by atoms with Gasteiger partial charge in [0, 0.05) is 17.3 Å². The van der Waals surface area contributed by atoms with Gasteiger partial charge in [-0.3, -0.25) is 13.5 Å². The van der Waals surface area contributed by atoms with Gasteiger partial charge in [-0.15, -0.1) is 12.8 Å². The van der Waals surface area contributed by atoms with Crippen molar-refractivity contribution in [2.45, 2.75) is 6.54 Å². The van der Waals surface area contributed by atoms with Crippen molar-refractivity contribution in [3.05, 3.63) is 87.0 Å². The average Bonchev–Trinajstić information content (AvgIpc) is 3.09. The number of aromatic nitrogens is 1. The molecular weight excluding hydrogens is 368 g/mol. The lowest BCUT2D eigenvalue weighted by atomic mass is 10.1. The summed E-state index contributed by atoms with van der Waals surface area (Å²) in [4.78, 5) is 27.2. The maximum atomic E-state index is 12.5. The molecule has 0 amide bonds. The fraction of sp³-hybridized carbons (Fsp3) is 0.130. The highest BCUT2D eigenvalue weighted by atomic mass is 32.1. The summed E-state index contributed by atoms with van der Waals surface area (Å²) < 4.78 is 1.58. The van der Waals surface area contributed by atoms with Crippen LogP contribution in [0.25, 0.3) is 0 Å². The second-order valence-corrected chi connectivity index (χ2v) is 7.16. The summed E-state index contributed by atoms with van der Waals surface area (Å²) in [6, 6.07) is 18.1. The minimum atomic E-state index is -0.186. The molecule has 5 heteroatoms. The molecule has 28 heavy (non-hydrogen) atoms. The maximum absolute atomic E-state index is 12.5. The van der Waals surface area contributed by atoms with Gasteiger partial charge in [0.2, 0.25) is 5.78 Å². The summed E-state index contributed by atoms with van der Waals surface area (Å²) >= 11 is 1.18. The van der Waals surface area contributed by atoms with Crippen LogP contribution in [0.3, 0.4) is 0 Å². The molecule has 0 saturated heterocycles. The van der Waals surface area contributed by atoms with Gasteiger partial charge in [-0.2, -0.15) is 0 Å². The molecule has 138 valence electrons. The number of nitrogens with zero attached hydrogens (tertiary/aromatic N) is 2. The summed E-state index contributed by atoms with van der Waals surface area (Å²) in [6.45, 7) is 1.26. The zero-order valence-electron chi connectivity index (χ0n) is 15.2. The Bertz CT molecular complexity index is 1080. The Labute approximate surface area is 168 Å². The van der Waals surface area contributed by atoms with Crippen LogP contribution < -0.4 is 10.5 Å². The van der Waals surface area contributed by atoms with Gasteiger partial charge >= 0.3 is 0 Å². The Balaban J connectivity index is 1.77. The van der Waals surface area contributed by atoms with E-state index in [1.165, 1.54) is 17.6 Å². The minimum Gasteiger partial charge on any atom is -0.349 e. The van der Waals surface area contributed by atoms with Gasteiger partial charge in [0.15, 0.2) is 0 Å². The number of carbonyl (C=O) groups excluding carboxylic acids is 1. The summed E-state index contributed by atoms with van der Waals surface area (Å²) in [5, 5.41) is 0. The number of rotatable bonds is 7. The highest BCUT2D eigenvalue weighted by Gasteiger charge is 2.14. The average molecular weight is 386 g/mol. The van der Waals surface area contributed by atoms with Crippen LogP contribution in [-0.2, 0) is 6.54 Å². The Hall–Kier alpha value is -3.54. The zero-order valence-corrected chi connectivity index (χ0v) is 16.0. The summed E-state index contributed by atoms with van der Waals surface area (Å²) in [5.41, 5.74) is 2.27. The molecule has 0 aliphatic carbocycles. The molecule has 2 aromatic carbocycles. The number of benzene rings is 2. The van der Waals surface area contributed by atoms with Gasteiger partial charge in [0.05, 0.1) is 24.5 Å². The monoisotopic (exact) mass is 386 g/mol. The maximum Gasteiger partial charge on any atom is 0.261 e. The smallest absolute Gasteiger partial charge is 0.261 e. The van der Waals surface area contributed by atoms with Gasteiger partial charge in [-0.25, -0.2) is 0 Å². The summed E-state index contributed by atoms with van der Waals surface area (Å²) in [7, 11) is 0. The van der Waals surface area contributed by atoms with E-state index in [1.54, 1.807) is 28.2 Å². The first-order chi connectivity index (χ1) is 13.6. The molecule has 0 spiro atoms. The molecule has 0 aliphatic rings. The Kier molecular flexibility index (Phi) is 6.11. The molecule has 1 aromatic heterocycles. The van der Waals surface area contributed by atoms with E-state index in [9.17, 15) is 9.59 Å². The molecule has 0 saturated carbocycles.